The molecule has 4 N–H and O–H groups in total. The molecule has 0 unspecified atom stereocenters. The van der Waals surface area contributed by atoms with Crippen LogP contribution in [0, 0.1) is 11.2 Å². The zero-order valence-corrected chi connectivity index (χ0v) is 11.4. The minimum Gasteiger partial charge on any atom is -0.396 e. The van der Waals surface area contributed by atoms with Crippen LogP contribution in [0.25, 0.3) is 0 Å². The zero-order chi connectivity index (χ0) is 14.5. The molecule has 0 saturated heterocycles. The van der Waals surface area contributed by atoms with Crippen molar-refractivity contribution in [3.8, 4) is 0 Å². The first-order valence-electron chi connectivity index (χ1n) is 6.25. The van der Waals surface area contributed by atoms with E-state index in [0.29, 0.717) is 30.6 Å². The Bertz CT molecular complexity index is 447. The van der Waals surface area contributed by atoms with Crippen LogP contribution in [0.3, 0.4) is 0 Å². The number of hydrogen-bond acceptors (Lipinski definition) is 3. The summed E-state index contributed by atoms with van der Waals surface area (Å²) in [5.74, 6) is -0.931. The van der Waals surface area contributed by atoms with E-state index >= 15 is 0 Å². The first kappa shape index (κ1) is 15.6. The van der Waals surface area contributed by atoms with Crippen molar-refractivity contribution in [1.82, 2.24) is 5.32 Å². The van der Waals surface area contributed by atoms with Gasteiger partial charge in [0.1, 0.15) is 5.82 Å². The van der Waals surface area contributed by atoms with Crippen LogP contribution in [-0.4, -0.2) is 24.2 Å². The molecule has 0 spiro atoms. The van der Waals surface area contributed by atoms with Crippen molar-refractivity contribution in [3.05, 3.63) is 35.1 Å². The van der Waals surface area contributed by atoms with Crippen molar-refractivity contribution in [2.75, 3.05) is 13.2 Å². The second-order valence-electron chi connectivity index (χ2n) is 5.41. The lowest BCUT2D eigenvalue weighted by Crippen LogP contribution is -2.30. The summed E-state index contributed by atoms with van der Waals surface area (Å²) in [4.78, 5) is 11.0. The lowest BCUT2D eigenvalue weighted by Gasteiger charge is -2.24. The predicted octanol–water partition coefficient (Wildman–Crippen LogP) is 1.42. The molecular formula is C14H21FN2O2. The molecule has 106 valence electrons. The van der Waals surface area contributed by atoms with Crippen LogP contribution in [0.4, 0.5) is 4.39 Å². The molecule has 0 aromatic heterocycles. The van der Waals surface area contributed by atoms with Crippen LogP contribution >= 0.6 is 0 Å². The van der Waals surface area contributed by atoms with Gasteiger partial charge in [-0.1, -0.05) is 13.8 Å². The molecule has 5 heteroatoms. The monoisotopic (exact) mass is 268 g/mol. The summed E-state index contributed by atoms with van der Waals surface area (Å²) in [6.07, 6.45) is 0.670. The number of carbonyl (C=O) groups is 1. The van der Waals surface area contributed by atoms with E-state index in [1.165, 1.54) is 18.2 Å². The molecule has 1 rings (SSSR count). The number of aliphatic hydroxyl groups is 1. The van der Waals surface area contributed by atoms with Crippen LogP contribution in [0.1, 0.15) is 36.2 Å². The maximum atomic E-state index is 13.6. The zero-order valence-electron chi connectivity index (χ0n) is 11.4. The number of nitrogens with one attached hydrogen (secondary N) is 1. The van der Waals surface area contributed by atoms with E-state index in [0.717, 1.165) is 0 Å². The first-order valence-corrected chi connectivity index (χ1v) is 6.25. The van der Waals surface area contributed by atoms with Gasteiger partial charge in [-0.15, -0.1) is 0 Å². The fraction of sp³-hybridized carbons (Fsp3) is 0.500. The Morgan fingerprint density at radius 2 is 2.16 bits per heavy atom. The van der Waals surface area contributed by atoms with Gasteiger partial charge in [0.15, 0.2) is 0 Å². The highest BCUT2D eigenvalue weighted by molar-refractivity contribution is 5.92. The van der Waals surface area contributed by atoms with Gasteiger partial charge in [0.25, 0.3) is 0 Å². The van der Waals surface area contributed by atoms with Crippen molar-refractivity contribution in [2.24, 2.45) is 11.1 Å². The molecule has 1 amide bonds. The fourth-order valence-corrected chi connectivity index (χ4v) is 1.79. The summed E-state index contributed by atoms with van der Waals surface area (Å²) in [6, 6.07) is 4.08. The van der Waals surface area contributed by atoms with Gasteiger partial charge in [-0.3, -0.25) is 4.79 Å². The van der Waals surface area contributed by atoms with Gasteiger partial charge in [0.05, 0.1) is 0 Å². The SMILES string of the molecule is CC(C)(CCO)CNCc1cc(C(N)=O)ccc1F. The minimum absolute atomic E-state index is 0.0630. The highest BCUT2D eigenvalue weighted by Crippen LogP contribution is 2.18. The van der Waals surface area contributed by atoms with Gasteiger partial charge >= 0.3 is 0 Å². The summed E-state index contributed by atoms with van der Waals surface area (Å²) < 4.78 is 13.6. The van der Waals surface area contributed by atoms with E-state index in [1.807, 2.05) is 13.8 Å². The summed E-state index contributed by atoms with van der Waals surface area (Å²) in [5, 5.41) is 12.1. The standard InChI is InChI=1S/C14H21FN2O2/c1-14(2,5-6-18)9-17-8-11-7-10(13(16)19)3-4-12(11)15/h3-4,7,17-18H,5-6,8-9H2,1-2H3,(H2,16,19). The highest BCUT2D eigenvalue weighted by atomic mass is 19.1. The van der Waals surface area contributed by atoms with Crippen LogP contribution < -0.4 is 11.1 Å². The molecule has 0 saturated carbocycles. The van der Waals surface area contributed by atoms with Crippen molar-refractivity contribution < 1.29 is 14.3 Å². The van der Waals surface area contributed by atoms with Crippen molar-refractivity contribution in [2.45, 2.75) is 26.8 Å². The average Bonchev–Trinajstić information content (AvgIpc) is 2.30. The second-order valence-corrected chi connectivity index (χ2v) is 5.41. The number of rotatable bonds is 7. The number of benzene rings is 1. The van der Waals surface area contributed by atoms with Crippen LogP contribution in [0.5, 0.6) is 0 Å². The molecule has 0 aliphatic rings. The second kappa shape index (κ2) is 6.63. The number of carbonyl (C=O) groups excluding carboxylic acids is 1. The van der Waals surface area contributed by atoms with E-state index in [1.54, 1.807) is 0 Å². The predicted molar refractivity (Wildman–Crippen MR) is 72.1 cm³/mol. The fourth-order valence-electron chi connectivity index (χ4n) is 1.79. The lowest BCUT2D eigenvalue weighted by molar-refractivity contribution is 0.1000. The Labute approximate surface area is 112 Å². The van der Waals surface area contributed by atoms with Crippen LogP contribution in [0.15, 0.2) is 18.2 Å². The van der Waals surface area contributed by atoms with Crippen molar-refractivity contribution >= 4 is 5.91 Å². The van der Waals surface area contributed by atoms with Crippen LogP contribution in [0.2, 0.25) is 0 Å². The number of hydrogen-bond donors (Lipinski definition) is 3. The molecule has 0 fully saturated rings. The molecule has 0 aliphatic carbocycles. The van der Waals surface area contributed by atoms with E-state index in [4.69, 9.17) is 10.8 Å². The van der Waals surface area contributed by atoms with Crippen LogP contribution in [-0.2, 0) is 6.54 Å². The molecule has 4 nitrogen and oxygen atoms in total. The molecule has 0 atom stereocenters. The van der Waals surface area contributed by atoms with Gasteiger partial charge in [-0.2, -0.15) is 0 Å². The number of halogens is 1. The molecule has 0 aliphatic heterocycles. The molecule has 19 heavy (non-hydrogen) atoms. The summed E-state index contributed by atoms with van der Waals surface area (Å²) >= 11 is 0. The first-order chi connectivity index (χ1) is 8.85. The Hall–Kier alpha value is -1.46. The minimum atomic E-state index is -0.568. The van der Waals surface area contributed by atoms with E-state index < -0.39 is 5.91 Å². The molecule has 1 aromatic carbocycles. The molecule has 0 heterocycles. The Kier molecular flexibility index (Phi) is 5.44. The molecule has 1 aromatic rings. The Morgan fingerprint density at radius 3 is 2.74 bits per heavy atom. The van der Waals surface area contributed by atoms with Gasteiger partial charge in [-0.25, -0.2) is 4.39 Å². The Morgan fingerprint density at radius 1 is 1.47 bits per heavy atom. The van der Waals surface area contributed by atoms with Crippen molar-refractivity contribution in [3.63, 3.8) is 0 Å². The maximum Gasteiger partial charge on any atom is 0.248 e. The number of nitrogens with two attached hydrogens (primary N) is 1. The largest absolute Gasteiger partial charge is 0.396 e. The highest BCUT2D eigenvalue weighted by Gasteiger charge is 2.16. The van der Waals surface area contributed by atoms with Gasteiger partial charge in [-0.05, 0) is 30.0 Å². The number of primary amides is 1. The smallest absolute Gasteiger partial charge is 0.248 e. The van der Waals surface area contributed by atoms with E-state index in [-0.39, 0.29) is 17.8 Å². The summed E-state index contributed by atoms with van der Waals surface area (Å²) in [5.41, 5.74) is 5.81. The van der Waals surface area contributed by atoms with Gasteiger partial charge in [0.2, 0.25) is 5.91 Å². The lowest BCUT2D eigenvalue weighted by atomic mass is 9.90. The van der Waals surface area contributed by atoms with Gasteiger partial charge < -0.3 is 16.2 Å². The molecule has 0 radical (unpaired) electrons. The van der Waals surface area contributed by atoms with Gasteiger partial charge in [0, 0.05) is 30.8 Å². The third kappa shape index (κ3) is 4.96. The maximum absolute atomic E-state index is 13.6. The van der Waals surface area contributed by atoms with E-state index in [2.05, 4.69) is 5.32 Å². The number of aliphatic hydroxyl groups excluding tert-OH is 1. The third-order valence-electron chi connectivity index (χ3n) is 3.04. The normalized spacial score (nSPS) is 11.6. The average molecular weight is 268 g/mol. The summed E-state index contributed by atoms with van der Waals surface area (Å²) in [6.45, 7) is 5.13. The molecule has 0 bridgehead atoms. The summed E-state index contributed by atoms with van der Waals surface area (Å²) in [7, 11) is 0. The molecular weight excluding hydrogens is 247 g/mol. The Balaban J connectivity index is 2.62. The third-order valence-corrected chi connectivity index (χ3v) is 3.04. The topological polar surface area (TPSA) is 75.3 Å². The number of amides is 1. The quantitative estimate of drug-likeness (QED) is 0.700. The van der Waals surface area contributed by atoms with E-state index in [9.17, 15) is 9.18 Å². The van der Waals surface area contributed by atoms with Crippen molar-refractivity contribution in [1.29, 1.82) is 0 Å².